The van der Waals surface area contributed by atoms with Gasteiger partial charge in [0.2, 0.25) is 0 Å². The van der Waals surface area contributed by atoms with Crippen molar-refractivity contribution >= 4 is 17.3 Å². The molecule has 0 aliphatic carbocycles. The molecule has 0 aliphatic rings. The molecular weight excluding hydrogens is 246 g/mol. The Labute approximate surface area is 110 Å². The molecule has 1 N–H and O–H groups in total. The number of nitrogens with zero attached hydrogens (tertiary/aromatic N) is 1. The maximum absolute atomic E-state index is 11.1. The van der Waals surface area contributed by atoms with Crippen LogP contribution < -0.4 is 0 Å². The minimum Gasteiger partial charge on any atom is -0.477 e. The Morgan fingerprint density at radius 1 is 1.39 bits per heavy atom. The summed E-state index contributed by atoms with van der Waals surface area (Å²) in [5.74, 6) is -0.889. The first-order chi connectivity index (χ1) is 8.52. The molecule has 94 valence electrons. The van der Waals surface area contributed by atoms with E-state index in [9.17, 15) is 4.79 Å². The quantitative estimate of drug-likeness (QED) is 0.916. The predicted octanol–water partition coefficient (Wildman–Crippen LogP) is 3.69. The number of aryl methyl sites for hydroxylation is 3. The van der Waals surface area contributed by atoms with Crippen molar-refractivity contribution in [3.8, 4) is 10.6 Å². The van der Waals surface area contributed by atoms with Gasteiger partial charge in [-0.1, -0.05) is 30.7 Å². The second kappa shape index (κ2) is 4.90. The molecule has 0 saturated carbocycles. The normalized spacial score (nSPS) is 10.6. The minimum atomic E-state index is -0.889. The van der Waals surface area contributed by atoms with E-state index >= 15 is 0 Å². The van der Waals surface area contributed by atoms with Crippen LogP contribution >= 0.6 is 11.3 Å². The molecule has 0 spiro atoms. The molecule has 0 aliphatic heterocycles. The number of benzene rings is 1. The van der Waals surface area contributed by atoms with Crippen molar-refractivity contribution in [2.24, 2.45) is 0 Å². The van der Waals surface area contributed by atoms with Gasteiger partial charge in [-0.25, -0.2) is 9.78 Å². The van der Waals surface area contributed by atoms with E-state index in [2.05, 4.69) is 11.1 Å². The van der Waals surface area contributed by atoms with E-state index in [1.807, 2.05) is 32.9 Å². The van der Waals surface area contributed by atoms with Crippen molar-refractivity contribution in [3.63, 3.8) is 0 Å². The molecule has 2 aromatic rings. The summed E-state index contributed by atoms with van der Waals surface area (Å²) in [5, 5.41) is 9.93. The van der Waals surface area contributed by atoms with Crippen LogP contribution in [0.15, 0.2) is 18.2 Å². The summed E-state index contributed by atoms with van der Waals surface area (Å²) in [4.78, 5) is 15.9. The van der Waals surface area contributed by atoms with Gasteiger partial charge in [-0.05, 0) is 25.8 Å². The van der Waals surface area contributed by atoms with E-state index in [0.29, 0.717) is 17.0 Å². The highest BCUT2D eigenvalue weighted by molar-refractivity contribution is 7.17. The summed E-state index contributed by atoms with van der Waals surface area (Å²) in [6.45, 7) is 5.99. The molecule has 0 atom stereocenters. The second-order valence-corrected chi connectivity index (χ2v) is 5.27. The van der Waals surface area contributed by atoms with Gasteiger partial charge in [0, 0.05) is 5.56 Å². The number of hydrogen-bond acceptors (Lipinski definition) is 3. The molecule has 1 heterocycles. The first-order valence-electron chi connectivity index (χ1n) is 5.83. The molecule has 1 aromatic carbocycles. The van der Waals surface area contributed by atoms with Crippen LogP contribution in [-0.4, -0.2) is 16.1 Å². The number of carbonyl (C=O) groups is 1. The van der Waals surface area contributed by atoms with Crippen LogP contribution in [-0.2, 0) is 6.42 Å². The van der Waals surface area contributed by atoms with Crippen LogP contribution in [0.1, 0.15) is 33.4 Å². The Morgan fingerprint density at radius 2 is 2.11 bits per heavy atom. The third kappa shape index (κ3) is 2.29. The highest BCUT2D eigenvalue weighted by Gasteiger charge is 2.17. The summed E-state index contributed by atoms with van der Waals surface area (Å²) in [7, 11) is 0. The predicted molar refractivity (Wildman–Crippen MR) is 73.4 cm³/mol. The molecule has 0 saturated heterocycles. The van der Waals surface area contributed by atoms with Crippen LogP contribution in [0, 0.1) is 13.8 Å². The summed E-state index contributed by atoms with van der Waals surface area (Å²) < 4.78 is 0. The zero-order chi connectivity index (χ0) is 13.3. The standard InChI is InChI=1S/C14H15NO2S/c1-4-11-12(14(16)17)18-13(15-11)10-6-5-8(2)7-9(10)3/h5-7H,4H2,1-3H3,(H,16,17). The van der Waals surface area contributed by atoms with Gasteiger partial charge in [0.25, 0.3) is 0 Å². The van der Waals surface area contributed by atoms with Crippen molar-refractivity contribution in [2.75, 3.05) is 0 Å². The average molecular weight is 261 g/mol. The third-order valence-corrected chi connectivity index (χ3v) is 3.96. The van der Waals surface area contributed by atoms with Crippen molar-refractivity contribution in [1.29, 1.82) is 0 Å². The first-order valence-corrected chi connectivity index (χ1v) is 6.65. The monoisotopic (exact) mass is 261 g/mol. The largest absolute Gasteiger partial charge is 0.477 e. The molecule has 0 fully saturated rings. The van der Waals surface area contributed by atoms with E-state index in [1.54, 1.807) is 0 Å². The van der Waals surface area contributed by atoms with Gasteiger partial charge >= 0.3 is 5.97 Å². The Bertz CT molecular complexity index is 602. The van der Waals surface area contributed by atoms with E-state index in [-0.39, 0.29) is 0 Å². The molecular formula is C14H15NO2S. The van der Waals surface area contributed by atoms with E-state index in [1.165, 1.54) is 16.9 Å². The SMILES string of the molecule is CCc1nc(-c2ccc(C)cc2C)sc1C(=O)O. The number of rotatable bonds is 3. The van der Waals surface area contributed by atoms with Gasteiger partial charge in [0.1, 0.15) is 9.88 Å². The lowest BCUT2D eigenvalue weighted by atomic mass is 10.1. The van der Waals surface area contributed by atoms with Crippen LogP contribution in [0.4, 0.5) is 0 Å². The number of aromatic carboxylic acids is 1. The highest BCUT2D eigenvalue weighted by atomic mass is 32.1. The number of hydrogen-bond donors (Lipinski definition) is 1. The zero-order valence-corrected chi connectivity index (χ0v) is 11.5. The Hall–Kier alpha value is -1.68. The first kappa shape index (κ1) is 12.8. The van der Waals surface area contributed by atoms with Gasteiger partial charge in [-0.15, -0.1) is 11.3 Å². The fourth-order valence-corrected chi connectivity index (χ4v) is 3.01. The highest BCUT2D eigenvalue weighted by Crippen LogP contribution is 2.31. The maximum Gasteiger partial charge on any atom is 0.347 e. The van der Waals surface area contributed by atoms with Gasteiger partial charge in [0.15, 0.2) is 0 Å². The number of aromatic nitrogens is 1. The lowest BCUT2D eigenvalue weighted by molar-refractivity contribution is 0.0701. The van der Waals surface area contributed by atoms with Gasteiger partial charge < -0.3 is 5.11 Å². The van der Waals surface area contributed by atoms with Gasteiger partial charge in [-0.3, -0.25) is 0 Å². The fraction of sp³-hybridized carbons (Fsp3) is 0.286. The van der Waals surface area contributed by atoms with Crippen LogP contribution in [0.2, 0.25) is 0 Å². The van der Waals surface area contributed by atoms with Crippen molar-refractivity contribution < 1.29 is 9.90 Å². The maximum atomic E-state index is 11.1. The molecule has 2 rings (SSSR count). The van der Waals surface area contributed by atoms with Crippen molar-refractivity contribution in [1.82, 2.24) is 4.98 Å². The molecule has 0 unspecified atom stereocenters. The molecule has 0 bridgehead atoms. The third-order valence-electron chi connectivity index (χ3n) is 2.84. The summed E-state index contributed by atoms with van der Waals surface area (Å²) >= 11 is 1.25. The summed E-state index contributed by atoms with van der Waals surface area (Å²) in [5.41, 5.74) is 4.01. The van der Waals surface area contributed by atoms with Crippen molar-refractivity contribution in [3.05, 3.63) is 39.9 Å². The molecule has 0 radical (unpaired) electrons. The molecule has 3 nitrogen and oxygen atoms in total. The lowest BCUT2D eigenvalue weighted by Gasteiger charge is -2.02. The van der Waals surface area contributed by atoms with Crippen LogP contribution in [0.5, 0.6) is 0 Å². The fourth-order valence-electron chi connectivity index (χ4n) is 1.93. The van der Waals surface area contributed by atoms with E-state index in [0.717, 1.165) is 16.1 Å². The Balaban J connectivity index is 2.54. The lowest BCUT2D eigenvalue weighted by Crippen LogP contribution is -1.97. The topological polar surface area (TPSA) is 50.2 Å². The molecule has 1 aromatic heterocycles. The molecule has 18 heavy (non-hydrogen) atoms. The van der Waals surface area contributed by atoms with Gasteiger partial charge in [-0.2, -0.15) is 0 Å². The Morgan fingerprint density at radius 3 is 2.61 bits per heavy atom. The number of thiazole rings is 1. The van der Waals surface area contributed by atoms with E-state index < -0.39 is 5.97 Å². The number of carboxylic acids is 1. The van der Waals surface area contributed by atoms with Crippen LogP contribution in [0.3, 0.4) is 0 Å². The number of carboxylic acid groups (broad SMARTS) is 1. The van der Waals surface area contributed by atoms with Crippen molar-refractivity contribution in [2.45, 2.75) is 27.2 Å². The van der Waals surface area contributed by atoms with E-state index in [4.69, 9.17) is 5.11 Å². The average Bonchev–Trinajstić information content (AvgIpc) is 2.73. The van der Waals surface area contributed by atoms with Gasteiger partial charge in [0.05, 0.1) is 5.69 Å². The Kier molecular flexibility index (Phi) is 3.48. The smallest absolute Gasteiger partial charge is 0.347 e. The summed E-state index contributed by atoms with van der Waals surface area (Å²) in [6.07, 6.45) is 0.642. The zero-order valence-electron chi connectivity index (χ0n) is 10.7. The minimum absolute atomic E-state index is 0.354. The second-order valence-electron chi connectivity index (χ2n) is 4.27. The summed E-state index contributed by atoms with van der Waals surface area (Å²) in [6, 6.07) is 6.12. The molecule has 0 amide bonds. The molecule has 4 heteroatoms. The van der Waals surface area contributed by atoms with Crippen LogP contribution in [0.25, 0.3) is 10.6 Å².